The van der Waals surface area contributed by atoms with Crippen molar-refractivity contribution in [2.45, 2.75) is 13.5 Å². The van der Waals surface area contributed by atoms with Crippen LogP contribution in [0.25, 0.3) is 0 Å². The minimum atomic E-state index is -0.962. The summed E-state index contributed by atoms with van der Waals surface area (Å²) >= 11 is 0. The number of rotatable bonds is 8. The summed E-state index contributed by atoms with van der Waals surface area (Å²) in [5, 5.41) is 13.1. The van der Waals surface area contributed by atoms with E-state index >= 15 is 0 Å². The van der Waals surface area contributed by atoms with Gasteiger partial charge in [-0.3, -0.25) is 5.43 Å². The van der Waals surface area contributed by atoms with Crippen molar-refractivity contribution in [1.29, 1.82) is 0 Å². The van der Waals surface area contributed by atoms with E-state index in [1.807, 2.05) is 49.4 Å². The summed E-state index contributed by atoms with van der Waals surface area (Å²) in [6.45, 7) is 2.48. The first-order valence-electron chi connectivity index (χ1n) is 9.04. The highest BCUT2D eigenvalue weighted by molar-refractivity contribution is 5.88. The van der Waals surface area contributed by atoms with E-state index in [0.717, 1.165) is 11.1 Å². The van der Waals surface area contributed by atoms with Gasteiger partial charge in [0.15, 0.2) is 11.5 Å². The van der Waals surface area contributed by atoms with Gasteiger partial charge in [0.05, 0.1) is 24.6 Å². The first-order valence-corrected chi connectivity index (χ1v) is 9.04. The standard InChI is InChI=1S/C23H22N2O4/c1-16-3-5-17(6-4-16)15-29-22-13-18(7-12-21(22)28-2)14-24-25-20-10-8-19(9-11-20)23(26)27/h3-14,25H,15H2,1-2H3,(H,26,27). The minimum absolute atomic E-state index is 0.227. The van der Waals surface area contributed by atoms with Gasteiger partial charge in [-0.2, -0.15) is 5.10 Å². The van der Waals surface area contributed by atoms with Crippen LogP contribution in [-0.2, 0) is 6.61 Å². The van der Waals surface area contributed by atoms with Crippen molar-refractivity contribution in [1.82, 2.24) is 0 Å². The fourth-order valence-corrected chi connectivity index (χ4v) is 2.60. The van der Waals surface area contributed by atoms with Crippen LogP contribution in [-0.4, -0.2) is 24.4 Å². The van der Waals surface area contributed by atoms with Gasteiger partial charge in [0, 0.05) is 0 Å². The molecule has 0 saturated carbocycles. The van der Waals surface area contributed by atoms with Crippen LogP contribution >= 0.6 is 0 Å². The summed E-state index contributed by atoms with van der Waals surface area (Å²) < 4.78 is 11.3. The third-order valence-corrected chi connectivity index (χ3v) is 4.24. The number of ether oxygens (including phenoxy) is 2. The molecule has 0 aliphatic rings. The van der Waals surface area contributed by atoms with Gasteiger partial charge in [-0.05, 0) is 60.5 Å². The smallest absolute Gasteiger partial charge is 0.335 e. The molecule has 0 bridgehead atoms. The average molecular weight is 390 g/mol. The summed E-state index contributed by atoms with van der Waals surface area (Å²) in [6.07, 6.45) is 1.66. The Bertz CT molecular complexity index is 996. The number of anilines is 1. The second kappa shape index (κ2) is 9.41. The molecule has 0 fully saturated rings. The number of hydrogen-bond donors (Lipinski definition) is 2. The molecule has 0 unspecified atom stereocenters. The maximum absolute atomic E-state index is 10.9. The summed E-state index contributed by atoms with van der Waals surface area (Å²) in [6, 6.07) is 20.1. The van der Waals surface area contributed by atoms with Crippen LogP contribution < -0.4 is 14.9 Å². The van der Waals surface area contributed by atoms with E-state index in [4.69, 9.17) is 14.6 Å². The Kier molecular flexibility index (Phi) is 6.47. The predicted molar refractivity (Wildman–Crippen MR) is 113 cm³/mol. The summed E-state index contributed by atoms with van der Waals surface area (Å²) in [7, 11) is 1.60. The Balaban J connectivity index is 1.66. The molecule has 2 N–H and O–H groups in total. The van der Waals surface area contributed by atoms with Gasteiger partial charge in [-0.25, -0.2) is 4.79 Å². The number of nitrogens with zero attached hydrogens (tertiary/aromatic N) is 1. The molecule has 0 saturated heterocycles. The third-order valence-electron chi connectivity index (χ3n) is 4.24. The minimum Gasteiger partial charge on any atom is -0.493 e. The number of aryl methyl sites for hydroxylation is 1. The van der Waals surface area contributed by atoms with Crippen molar-refractivity contribution in [3.8, 4) is 11.5 Å². The highest BCUT2D eigenvalue weighted by Gasteiger charge is 2.06. The predicted octanol–water partition coefficient (Wildman–Crippen LogP) is 4.73. The Morgan fingerprint density at radius 1 is 1.03 bits per heavy atom. The van der Waals surface area contributed by atoms with Crippen LogP contribution in [0.3, 0.4) is 0 Å². The van der Waals surface area contributed by atoms with E-state index in [9.17, 15) is 4.79 Å². The Hall–Kier alpha value is -3.80. The van der Waals surface area contributed by atoms with Crippen molar-refractivity contribution < 1.29 is 19.4 Å². The average Bonchev–Trinajstić information content (AvgIpc) is 2.74. The van der Waals surface area contributed by atoms with Crippen LogP contribution in [0.2, 0.25) is 0 Å². The number of nitrogens with one attached hydrogen (secondary N) is 1. The van der Waals surface area contributed by atoms with Gasteiger partial charge in [-0.15, -0.1) is 0 Å². The SMILES string of the molecule is COc1ccc(C=NNc2ccc(C(=O)O)cc2)cc1OCc1ccc(C)cc1. The molecule has 29 heavy (non-hydrogen) atoms. The van der Waals surface area contributed by atoms with E-state index in [1.54, 1.807) is 25.5 Å². The van der Waals surface area contributed by atoms with Crippen molar-refractivity contribution >= 4 is 17.9 Å². The zero-order chi connectivity index (χ0) is 20.6. The number of carboxylic acids is 1. The van der Waals surface area contributed by atoms with Gasteiger partial charge in [0.2, 0.25) is 0 Å². The molecule has 6 nitrogen and oxygen atoms in total. The lowest BCUT2D eigenvalue weighted by Gasteiger charge is -2.11. The summed E-state index contributed by atoms with van der Waals surface area (Å²) in [5.41, 5.74) is 6.90. The number of carboxylic acid groups (broad SMARTS) is 1. The molecule has 0 radical (unpaired) electrons. The van der Waals surface area contributed by atoms with Crippen LogP contribution in [0.1, 0.15) is 27.0 Å². The van der Waals surface area contributed by atoms with Crippen LogP contribution in [0.4, 0.5) is 5.69 Å². The summed E-state index contributed by atoms with van der Waals surface area (Å²) in [4.78, 5) is 10.9. The van der Waals surface area contributed by atoms with Crippen molar-refractivity contribution in [3.63, 3.8) is 0 Å². The molecule has 0 amide bonds. The fourth-order valence-electron chi connectivity index (χ4n) is 2.60. The van der Waals surface area contributed by atoms with Crippen LogP contribution in [0, 0.1) is 6.92 Å². The lowest BCUT2D eigenvalue weighted by atomic mass is 10.1. The molecule has 3 aromatic carbocycles. The van der Waals surface area contributed by atoms with E-state index in [0.29, 0.717) is 23.8 Å². The molecule has 0 aliphatic carbocycles. The molecule has 0 aliphatic heterocycles. The van der Waals surface area contributed by atoms with E-state index in [1.165, 1.54) is 17.7 Å². The zero-order valence-corrected chi connectivity index (χ0v) is 16.3. The van der Waals surface area contributed by atoms with E-state index in [2.05, 4.69) is 10.5 Å². The highest BCUT2D eigenvalue weighted by atomic mass is 16.5. The monoisotopic (exact) mass is 390 g/mol. The van der Waals surface area contributed by atoms with Crippen molar-refractivity contribution in [3.05, 3.63) is 89.0 Å². The number of benzene rings is 3. The van der Waals surface area contributed by atoms with Crippen molar-refractivity contribution in [2.24, 2.45) is 5.10 Å². The van der Waals surface area contributed by atoms with E-state index < -0.39 is 5.97 Å². The maximum atomic E-state index is 10.9. The Morgan fingerprint density at radius 3 is 2.41 bits per heavy atom. The lowest BCUT2D eigenvalue weighted by Crippen LogP contribution is -1.99. The molecule has 6 heteroatoms. The third kappa shape index (κ3) is 5.59. The molecule has 0 spiro atoms. The number of methoxy groups -OCH3 is 1. The molecular weight excluding hydrogens is 368 g/mol. The van der Waals surface area contributed by atoms with Gasteiger partial charge in [0.25, 0.3) is 0 Å². The molecular formula is C23H22N2O4. The maximum Gasteiger partial charge on any atom is 0.335 e. The molecule has 3 aromatic rings. The van der Waals surface area contributed by atoms with Gasteiger partial charge in [0.1, 0.15) is 6.61 Å². The number of carbonyl (C=O) groups is 1. The topological polar surface area (TPSA) is 80.2 Å². The second-order valence-corrected chi connectivity index (χ2v) is 6.44. The number of hydrazone groups is 1. The molecule has 148 valence electrons. The Morgan fingerprint density at radius 2 is 1.76 bits per heavy atom. The van der Waals surface area contributed by atoms with Crippen LogP contribution in [0.15, 0.2) is 71.8 Å². The first-order chi connectivity index (χ1) is 14.0. The lowest BCUT2D eigenvalue weighted by molar-refractivity contribution is 0.0697. The largest absolute Gasteiger partial charge is 0.493 e. The van der Waals surface area contributed by atoms with Crippen LogP contribution in [0.5, 0.6) is 11.5 Å². The highest BCUT2D eigenvalue weighted by Crippen LogP contribution is 2.28. The van der Waals surface area contributed by atoms with E-state index in [-0.39, 0.29) is 5.56 Å². The molecule has 0 aromatic heterocycles. The summed E-state index contributed by atoms with van der Waals surface area (Å²) in [5.74, 6) is 0.311. The molecule has 3 rings (SSSR count). The van der Waals surface area contributed by atoms with Crippen molar-refractivity contribution in [2.75, 3.05) is 12.5 Å². The fraction of sp³-hybridized carbons (Fsp3) is 0.130. The quantitative estimate of drug-likeness (QED) is 0.429. The number of hydrogen-bond acceptors (Lipinski definition) is 5. The second-order valence-electron chi connectivity index (χ2n) is 6.44. The molecule has 0 atom stereocenters. The normalized spacial score (nSPS) is 10.7. The number of aromatic carboxylic acids is 1. The van der Waals surface area contributed by atoms with Gasteiger partial charge in [-0.1, -0.05) is 29.8 Å². The molecule has 0 heterocycles. The van der Waals surface area contributed by atoms with Gasteiger partial charge < -0.3 is 14.6 Å². The van der Waals surface area contributed by atoms with Gasteiger partial charge >= 0.3 is 5.97 Å². The first kappa shape index (κ1) is 19.9. The Labute approximate surface area is 169 Å². The zero-order valence-electron chi connectivity index (χ0n) is 16.3.